The number of benzene rings is 1. The molecule has 0 spiro atoms. The molecular formula is C24H31N5O. The third-order valence-electron chi connectivity index (χ3n) is 5.52. The number of imidazole rings is 1. The number of carbonyl (C=O) groups excluding carboxylic acids is 1. The fraction of sp³-hybridized carbons (Fsp3) is 0.375. The Balaban J connectivity index is 0.00000256. The van der Waals surface area contributed by atoms with Crippen LogP contribution in [0.3, 0.4) is 0 Å². The number of nitrogens with one attached hydrogen (secondary N) is 2. The van der Waals surface area contributed by atoms with Gasteiger partial charge in [0.2, 0.25) is 0 Å². The molecule has 0 aliphatic rings. The maximum absolute atomic E-state index is 12.6. The summed E-state index contributed by atoms with van der Waals surface area (Å²) in [6.45, 7) is 9.26. The maximum Gasteiger partial charge on any atom is 0.178 e. The second kappa shape index (κ2) is 9.22. The molecule has 0 bridgehead atoms. The van der Waals surface area contributed by atoms with Crippen molar-refractivity contribution in [3.63, 3.8) is 0 Å². The monoisotopic (exact) mass is 405 g/mol. The Morgan fingerprint density at radius 1 is 1.10 bits per heavy atom. The van der Waals surface area contributed by atoms with Crippen molar-refractivity contribution in [2.24, 2.45) is 0 Å². The minimum absolute atomic E-state index is 0. The summed E-state index contributed by atoms with van der Waals surface area (Å²) >= 11 is 0. The molecule has 2 N–H and O–H groups in total. The van der Waals surface area contributed by atoms with Crippen molar-refractivity contribution in [1.29, 1.82) is 0 Å². The molecule has 6 nitrogen and oxygen atoms in total. The largest absolute Gasteiger partial charge is 0.354 e. The van der Waals surface area contributed by atoms with Gasteiger partial charge in [-0.2, -0.15) is 0 Å². The number of carbonyl (C=O) groups is 1. The third-order valence-corrected chi connectivity index (χ3v) is 5.52. The quantitative estimate of drug-likeness (QED) is 0.387. The van der Waals surface area contributed by atoms with Crippen LogP contribution in [0.2, 0.25) is 0 Å². The van der Waals surface area contributed by atoms with Crippen LogP contribution >= 0.6 is 0 Å². The maximum atomic E-state index is 12.6. The van der Waals surface area contributed by atoms with E-state index in [1.54, 1.807) is 6.20 Å². The Kier molecular flexibility index (Phi) is 6.67. The Bertz CT molecular complexity index is 1150. The summed E-state index contributed by atoms with van der Waals surface area (Å²) in [4.78, 5) is 30.5. The molecule has 6 heteroatoms. The van der Waals surface area contributed by atoms with E-state index in [0.717, 1.165) is 65.1 Å². The van der Waals surface area contributed by atoms with Crippen LogP contribution in [-0.2, 0) is 0 Å². The van der Waals surface area contributed by atoms with Gasteiger partial charge in [0.05, 0.1) is 5.52 Å². The van der Waals surface area contributed by atoms with Gasteiger partial charge >= 0.3 is 0 Å². The van der Waals surface area contributed by atoms with E-state index >= 15 is 0 Å². The van der Waals surface area contributed by atoms with Crippen molar-refractivity contribution >= 4 is 27.9 Å². The van der Waals surface area contributed by atoms with Gasteiger partial charge in [0.1, 0.15) is 5.82 Å². The molecule has 3 heterocycles. The van der Waals surface area contributed by atoms with Gasteiger partial charge < -0.3 is 14.9 Å². The first-order valence-electron chi connectivity index (χ1n) is 10.3. The number of rotatable bonds is 8. The Morgan fingerprint density at radius 3 is 2.67 bits per heavy atom. The molecule has 158 valence electrons. The number of fused-ring (bicyclic) bond motifs is 2. The molecule has 0 radical (unpaired) electrons. The number of hydrogen-bond donors (Lipinski definition) is 2. The average Bonchev–Trinajstić information content (AvgIpc) is 3.32. The zero-order chi connectivity index (χ0) is 20.4. The Hall–Kier alpha value is -2.99. The predicted molar refractivity (Wildman–Crippen MR) is 124 cm³/mol. The molecule has 0 aliphatic heterocycles. The summed E-state index contributed by atoms with van der Waals surface area (Å²) < 4.78 is 0. The molecule has 0 saturated carbocycles. The topological polar surface area (TPSA) is 77.7 Å². The number of H-pyrrole nitrogens is 2. The number of nitrogens with zero attached hydrogens (tertiary/aromatic N) is 3. The minimum Gasteiger partial charge on any atom is -0.354 e. The van der Waals surface area contributed by atoms with Crippen molar-refractivity contribution in [1.82, 2.24) is 24.8 Å². The fourth-order valence-corrected chi connectivity index (χ4v) is 3.84. The van der Waals surface area contributed by atoms with Gasteiger partial charge in [0.15, 0.2) is 11.4 Å². The lowest BCUT2D eigenvalue weighted by atomic mass is 10.0. The molecule has 4 aromatic rings. The molecule has 0 unspecified atom stereocenters. The highest BCUT2D eigenvalue weighted by Crippen LogP contribution is 2.29. The molecule has 0 atom stereocenters. The van der Waals surface area contributed by atoms with Crippen molar-refractivity contribution in [2.75, 3.05) is 19.6 Å². The van der Waals surface area contributed by atoms with Crippen LogP contribution in [0.4, 0.5) is 0 Å². The molecule has 0 fully saturated rings. The van der Waals surface area contributed by atoms with E-state index in [1.807, 2.05) is 31.2 Å². The van der Waals surface area contributed by atoms with E-state index in [-0.39, 0.29) is 13.2 Å². The van der Waals surface area contributed by atoms with E-state index in [0.29, 0.717) is 12.1 Å². The first kappa shape index (κ1) is 21.7. The van der Waals surface area contributed by atoms with Crippen LogP contribution in [0.5, 0.6) is 0 Å². The average molecular weight is 406 g/mol. The van der Waals surface area contributed by atoms with Crippen molar-refractivity contribution < 1.29 is 4.79 Å². The van der Waals surface area contributed by atoms with E-state index in [1.165, 1.54) is 0 Å². The van der Waals surface area contributed by atoms with Gasteiger partial charge in [-0.25, -0.2) is 9.97 Å². The number of aryl methyl sites for hydroxylation is 1. The highest BCUT2D eigenvalue weighted by molar-refractivity contribution is 6.01. The van der Waals surface area contributed by atoms with Gasteiger partial charge in [-0.15, -0.1) is 0 Å². The molecular weight excluding hydrogens is 374 g/mol. The molecule has 4 rings (SSSR count). The van der Waals surface area contributed by atoms with Crippen LogP contribution in [-0.4, -0.2) is 50.3 Å². The summed E-state index contributed by atoms with van der Waals surface area (Å²) in [5, 5.41) is 1.08. The van der Waals surface area contributed by atoms with E-state index in [4.69, 9.17) is 0 Å². The number of ketones is 1. The van der Waals surface area contributed by atoms with Crippen LogP contribution in [0.15, 0.2) is 36.5 Å². The zero-order valence-corrected chi connectivity index (χ0v) is 17.2. The fourth-order valence-electron chi connectivity index (χ4n) is 3.84. The van der Waals surface area contributed by atoms with Gasteiger partial charge in [-0.05, 0) is 51.2 Å². The summed E-state index contributed by atoms with van der Waals surface area (Å²) in [5.74, 6) is 1.04. The summed E-state index contributed by atoms with van der Waals surface area (Å²) in [5.41, 5.74) is 5.38. The molecule has 0 amide bonds. The number of Topliss-reactive ketones (excluding diaryl/α,β-unsaturated/α-hetero) is 1. The number of hydrogen-bond acceptors (Lipinski definition) is 4. The number of aromatic nitrogens is 4. The van der Waals surface area contributed by atoms with Gasteiger partial charge in [-0.3, -0.25) is 4.79 Å². The van der Waals surface area contributed by atoms with Gasteiger partial charge in [-0.1, -0.05) is 33.4 Å². The molecule has 0 saturated heterocycles. The molecule has 30 heavy (non-hydrogen) atoms. The summed E-state index contributed by atoms with van der Waals surface area (Å²) in [6, 6.07) is 10.00. The first-order valence-corrected chi connectivity index (χ1v) is 10.3. The number of aromatic amines is 2. The minimum atomic E-state index is 0. The Labute approximate surface area is 177 Å². The normalized spacial score (nSPS) is 11.3. The molecule has 0 aliphatic carbocycles. The number of pyridine rings is 1. The van der Waals surface area contributed by atoms with E-state index < -0.39 is 0 Å². The standard InChI is InChI=1S/C23H27N5O.CH4/c1-4-28(5-2)12-6-7-21(29)17-9-8-16-13-20(27-19(16)14-17)18-10-11-24-23-22(18)25-15(3)26-23;/h8-11,13-14,27H,4-7,12H2,1-3H3,(H,24,25,26);1H4. The lowest BCUT2D eigenvalue weighted by Gasteiger charge is -2.17. The second-order valence-electron chi connectivity index (χ2n) is 7.42. The van der Waals surface area contributed by atoms with Gasteiger partial charge in [0.25, 0.3) is 0 Å². The Morgan fingerprint density at radius 2 is 1.90 bits per heavy atom. The second-order valence-corrected chi connectivity index (χ2v) is 7.42. The first-order chi connectivity index (χ1) is 14.1. The smallest absolute Gasteiger partial charge is 0.178 e. The highest BCUT2D eigenvalue weighted by Gasteiger charge is 2.13. The van der Waals surface area contributed by atoms with E-state index in [9.17, 15) is 4.79 Å². The van der Waals surface area contributed by atoms with Crippen molar-refractivity contribution in [3.05, 3.63) is 47.9 Å². The molecule has 1 aromatic carbocycles. The van der Waals surface area contributed by atoms with E-state index in [2.05, 4.69) is 44.7 Å². The van der Waals surface area contributed by atoms with Crippen LogP contribution in [0.1, 0.15) is 50.3 Å². The molecule has 3 aromatic heterocycles. The van der Waals surface area contributed by atoms with Gasteiger partial charge in [0, 0.05) is 40.3 Å². The summed E-state index contributed by atoms with van der Waals surface area (Å²) in [7, 11) is 0. The third kappa shape index (κ3) is 4.28. The highest BCUT2D eigenvalue weighted by atomic mass is 16.1. The van der Waals surface area contributed by atoms with Crippen molar-refractivity contribution in [2.45, 2.75) is 41.0 Å². The lowest BCUT2D eigenvalue weighted by molar-refractivity contribution is 0.0975. The van der Waals surface area contributed by atoms with Crippen molar-refractivity contribution in [3.8, 4) is 11.3 Å². The van der Waals surface area contributed by atoms with Crippen LogP contribution < -0.4 is 0 Å². The zero-order valence-electron chi connectivity index (χ0n) is 17.2. The van der Waals surface area contributed by atoms with Crippen LogP contribution in [0, 0.1) is 6.92 Å². The predicted octanol–water partition coefficient (Wildman–Crippen LogP) is 5.36. The summed E-state index contributed by atoms with van der Waals surface area (Å²) in [6.07, 6.45) is 3.24. The lowest BCUT2D eigenvalue weighted by Crippen LogP contribution is -2.24. The van der Waals surface area contributed by atoms with Crippen LogP contribution in [0.25, 0.3) is 33.3 Å². The SMILES string of the molecule is C.CCN(CC)CCCC(=O)c1ccc2cc(-c3ccnc4nc(C)[nH]c34)[nH]c2c1.